The summed E-state index contributed by atoms with van der Waals surface area (Å²) in [5.41, 5.74) is 6.28. The second-order valence-corrected chi connectivity index (χ2v) is 4.56. The molecule has 0 aliphatic heterocycles. The number of hydrogen-bond acceptors (Lipinski definition) is 2. The lowest BCUT2D eigenvalue weighted by Crippen LogP contribution is -2.19. The van der Waals surface area contributed by atoms with Crippen LogP contribution in [0.3, 0.4) is 0 Å². The molecular weight excluding hydrogens is 297 g/mol. The van der Waals surface area contributed by atoms with Gasteiger partial charge in [0.1, 0.15) is 5.82 Å². The lowest BCUT2D eigenvalue weighted by atomic mass is 10.2. The van der Waals surface area contributed by atoms with Gasteiger partial charge < -0.3 is 16.4 Å². The van der Waals surface area contributed by atoms with E-state index in [1.165, 1.54) is 36.4 Å². The van der Waals surface area contributed by atoms with Gasteiger partial charge in [-0.2, -0.15) is 0 Å². The summed E-state index contributed by atoms with van der Waals surface area (Å²) < 4.78 is 13.0. The van der Waals surface area contributed by atoms with Crippen LogP contribution in [-0.4, -0.2) is 11.9 Å². The molecule has 0 atom stereocenters. The van der Waals surface area contributed by atoms with Crippen molar-refractivity contribution >= 4 is 34.9 Å². The normalized spacial score (nSPS) is 10.0. The topological polar surface area (TPSA) is 84.2 Å². The molecule has 2 aromatic rings. The third-order valence-corrected chi connectivity index (χ3v) is 2.89. The molecule has 0 unspecified atom stereocenters. The number of carbonyl (C=O) groups excluding carboxylic acids is 2. The third-order valence-electron chi connectivity index (χ3n) is 2.60. The number of carbonyl (C=O) groups is 2. The second-order valence-electron chi connectivity index (χ2n) is 4.15. The molecule has 0 saturated carbocycles. The van der Waals surface area contributed by atoms with Crippen LogP contribution in [0.2, 0.25) is 5.02 Å². The molecule has 0 fully saturated rings. The van der Waals surface area contributed by atoms with E-state index >= 15 is 0 Å². The van der Waals surface area contributed by atoms with Gasteiger partial charge in [-0.05, 0) is 42.5 Å². The van der Waals surface area contributed by atoms with Gasteiger partial charge in [0.15, 0.2) is 0 Å². The number of urea groups is 1. The Morgan fingerprint density at radius 2 is 1.57 bits per heavy atom. The van der Waals surface area contributed by atoms with Gasteiger partial charge in [-0.3, -0.25) is 4.79 Å². The van der Waals surface area contributed by atoms with Crippen molar-refractivity contribution < 1.29 is 14.0 Å². The number of rotatable bonds is 3. The molecule has 0 aliphatic rings. The van der Waals surface area contributed by atoms with E-state index in [0.29, 0.717) is 16.9 Å². The highest BCUT2D eigenvalue weighted by molar-refractivity contribution is 6.31. The molecule has 0 saturated heterocycles. The zero-order valence-electron chi connectivity index (χ0n) is 10.7. The van der Waals surface area contributed by atoms with Crippen molar-refractivity contribution in [2.45, 2.75) is 0 Å². The Morgan fingerprint density at radius 1 is 1.00 bits per heavy atom. The molecular formula is C14H11ClFN3O2. The highest BCUT2D eigenvalue weighted by Crippen LogP contribution is 2.19. The number of benzene rings is 2. The van der Waals surface area contributed by atoms with Gasteiger partial charge in [-0.1, -0.05) is 11.6 Å². The number of halogens is 2. The molecule has 2 rings (SSSR count). The van der Waals surface area contributed by atoms with Crippen molar-refractivity contribution in [2.75, 3.05) is 10.6 Å². The van der Waals surface area contributed by atoms with Gasteiger partial charge in [0.2, 0.25) is 5.91 Å². The Labute approximate surface area is 124 Å². The minimum Gasteiger partial charge on any atom is -0.366 e. The van der Waals surface area contributed by atoms with E-state index in [2.05, 4.69) is 10.6 Å². The van der Waals surface area contributed by atoms with E-state index in [1.807, 2.05) is 0 Å². The van der Waals surface area contributed by atoms with Gasteiger partial charge in [-0.25, -0.2) is 9.18 Å². The Balaban J connectivity index is 2.01. The van der Waals surface area contributed by atoms with Gasteiger partial charge in [-0.15, -0.1) is 0 Å². The van der Waals surface area contributed by atoms with Crippen molar-refractivity contribution in [1.29, 1.82) is 0 Å². The number of amides is 3. The first-order valence-corrected chi connectivity index (χ1v) is 6.26. The molecule has 5 nitrogen and oxygen atoms in total. The molecule has 3 amide bonds. The van der Waals surface area contributed by atoms with Crippen LogP contribution in [0.1, 0.15) is 10.4 Å². The van der Waals surface area contributed by atoms with Gasteiger partial charge in [0.05, 0.1) is 5.02 Å². The van der Waals surface area contributed by atoms with Crippen LogP contribution in [0.5, 0.6) is 0 Å². The van der Waals surface area contributed by atoms with Gasteiger partial charge >= 0.3 is 6.03 Å². The van der Waals surface area contributed by atoms with Crippen molar-refractivity contribution in [1.82, 2.24) is 0 Å². The fourth-order valence-electron chi connectivity index (χ4n) is 1.59. The monoisotopic (exact) mass is 307 g/mol. The van der Waals surface area contributed by atoms with Crippen LogP contribution >= 0.6 is 11.6 Å². The minimum absolute atomic E-state index is 0.0846. The molecule has 0 radical (unpaired) electrons. The molecule has 108 valence electrons. The Hall–Kier alpha value is -2.60. The number of hydrogen-bond donors (Lipinski definition) is 3. The average Bonchev–Trinajstić information content (AvgIpc) is 2.43. The standard InChI is InChI=1S/C14H11ClFN3O2/c15-11-7-10(5-6-12(11)16)19-14(21)18-9-3-1-8(2-4-9)13(17)20/h1-7H,(H2,17,20)(H2,18,19,21). The van der Waals surface area contributed by atoms with Crippen LogP contribution in [-0.2, 0) is 0 Å². The lowest BCUT2D eigenvalue weighted by molar-refractivity contribution is 0.100. The predicted molar refractivity (Wildman–Crippen MR) is 79.0 cm³/mol. The highest BCUT2D eigenvalue weighted by atomic mass is 35.5. The van der Waals surface area contributed by atoms with Crippen LogP contribution in [0.15, 0.2) is 42.5 Å². The third kappa shape index (κ3) is 3.93. The Bertz CT molecular complexity index is 689. The van der Waals surface area contributed by atoms with Crippen molar-refractivity contribution in [2.24, 2.45) is 5.73 Å². The quantitative estimate of drug-likeness (QED) is 0.813. The summed E-state index contributed by atoms with van der Waals surface area (Å²) in [6, 6.07) is 9.38. The van der Waals surface area contributed by atoms with E-state index in [-0.39, 0.29) is 5.02 Å². The van der Waals surface area contributed by atoms with E-state index in [9.17, 15) is 14.0 Å². The van der Waals surface area contributed by atoms with Crippen LogP contribution in [0.25, 0.3) is 0 Å². The van der Waals surface area contributed by atoms with E-state index in [4.69, 9.17) is 17.3 Å². The van der Waals surface area contributed by atoms with Crippen LogP contribution in [0.4, 0.5) is 20.6 Å². The molecule has 0 spiro atoms. The largest absolute Gasteiger partial charge is 0.366 e. The summed E-state index contributed by atoms with van der Waals surface area (Å²) in [5.74, 6) is -1.11. The molecule has 0 heterocycles. The fraction of sp³-hybridized carbons (Fsp3) is 0. The van der Waals surface area contributed by atoms with Crippen LogP contribution in [0, 0.1) is 5.82 Å². The maximum Gasteiger partial charge on any atom is 0.323 e. The maximum atomic E-state index is 13.0. The molecule has 0 aromatic heterocycles. The molecule has 21 heavy (non-hydrogen) atoms. The summed E-state index contributed by atoms with van der Waals surface area (Å²) in [5, 5.41) is 4.97. The SMILES string of the molecule is NC(=O)c1ccc(NC(=O)Nc2ccc(F)c(Cl)c2)cc1. The number of nitrogens with two attached hydrogens (primary N) is 1. The lowest BCUT2D eigenvalue weighted by Gasteiger charge is -2.08. The molecule has 0 aliphatic carbocycles. The van der Waals surface area contributed by atoms with E-state index in [1.54, 1.807) is 0 Å². The smallest absolute Gasteiger partial charge is 0.323 e. The Morgan fingerprint density at radius 3 is 2.14 bits per heavy atom. The first-order valence-electron chi connectivity index (χ1n) is 5.88. The van der Waals surface area contributed by atoms with E-state index < -0.39 is 17.8 Å². The van der Waals surface area contributed by atoms with E-state index in [0.717, 1.165) is 6.07 Å². The maximum absolute atomic E-state index is 13.0. The number of anilines is 2. The molecule has 2 aromatic carbocycles. The predicted octanol–water partition coefficient (Wildman–Crippen LogP) is 3.22. The summed E-state index contributed by atoms with van der Waals surface area (Å²) in [4.78, 5) is 22.7. The molecule has 0 bridgehead atoms. The van der Waals surface area contributed by atoms with Crippen LogP contribution < -0.4 is 16.4 Å². The Kier molecular flexibility index (Phi) is 4.39. The van der Waals surface area contributed by atoms with Crippen molar-refractivity contribution in [3.63, 3.8) is 0 Å². The summed E-state index contributed by atoms with van der Waals surface area (Å²) in [6.07, 6.45) is 0. The first-order chi connectivity index (χ1) is 9.95. The van der Waals surface area contributed by atoms with Crippen molar-refractivity contribution in [3.05, 3.63) is 58.9 Å². The first kappa shape index (κ1) is 14.8. The second kappa shape index (κ2) is 6.23. The molecule has 4 N–H and O–H groups in total. The summed E-state index contributed by atoms with van der Waals surface area (Å²) in [7, 11) is 0. The fourth-order valence-corrected chi connectivity index (χ4v) is 1.77. The number of nitrogens with one attached hydrogen (secondary N) is 2. The zero-order valence-corrected chi connectivity index (χ0v) is 11.4. The number of primary amides is 1. The van der Waals surface area contributed by atoms with Gasteiger partial charge in [0, 0.05) is 16.9 Å². The zero-order chi connectivity index (χ0) is 15.4. The minimum atomic E-state index is -0.565. The van der Waals surface area contributed by atoms with Crippen molar-refractivity contribution in [3.8, 4) is 0 Å². The average molecular weight is 308 g/mol. The van der Waals surface area contributed by atoms with Gasteiger partial charge in [0.25, 0.3) is 0 Å². The highest BCUT2D eigenvalue weighted by Gasteiger charge is 2.06. The summed E-state index contributed by atoms with van der Waals surface area (Å²) >= 11 is 5.61. The molecule has 7 heteroatoms. The summed E-state index contributed by atoms with van der Waals surface area (Å²) in [6.45, 7) is 0.